The van der Waals surface area contributed by atoms with Crippen molar-refractivity contribution < 1.29 is 9.53 Å². The third-order valence-corrected chi connectivity index (χ3v) is 3.98. The highest BCUT2D eigenvalue weighted by atomic mass is 35.5. The molecule has 1 N–H and O–H groups in total. The number of nitrogens with one attached hydrogen (secondary N) is 1. The highest BCUT2D eigenvalue weighted by Gasteiger charge is 2.11. The van der Waals surface area contributed by atoms with Crippen LogP contribution in [-0.2, 0) is 11.2 Å². The highest BCUT2D eigenvalue weighted by molar-refractivity contribution is 7.09. The predicted octanol–water partition coefficient (Wildman–Crippen LogP) is 3.58. The van der Waals surface area contributed by atoms with E-state index < -0.39 is 0 Å². The van der Waals surface area contributed by atoms with E-state index in [9.17, 15) is 4.79 Å². The topological polar surface area (TPSA) is 51.2 Å². The van der Waals surface area contributed by atoms with Crippen LogP contribution in [0.4, 0.5) is 0 Å². The molecular formula is C14H14Cl2N2O2S. The summed E-state index contributed by atoms with van der Waals surface area (Å²) in [6.45, 7) is 1.85. The fourth-order valence-electron chi connectivity index (χ4n) is 1.75. The number of rotatable bonds is 6. The van der Waals surface area contributed by atoms with Gasteiger partial charge in [-0.15, -0.1) is 11.3 Å². The molecule has 0 aliphatic carbocycles. The number of aromatic nitrogens is 1. The molecule has 2 aromatic rings. The summed E-state index contributed by atoms with van der Waals surface area (Å²) in [6.07, 6.45) is 2.55. The van der Waals surface area contributed by atoms with Gasteiger partial charge in [-0.3, -0.25) is 9.78 Å². The normalized spacial score (nSPS) is 12.0. The molecule has 0 spiro atoms. The maximum atomic E-state index is 11.8. The molecule has 2 rings (SSSR count). The number of amides is 1. The zero-order valence-corrected chi connectivity index (χ0v) is 13.6. The Kier molecular flexibility index (Phi) is 5.85. The number of hydrogen-bond acceptors (Lipinski definition) is 4. The summed E-state index contributed by atoms with van der Waals surface area (Å²) in [5, 5.41) is 3.77. The van der Waals surface area contributed by atoms with Crippen molar-refractivity contribution >= 4 is 40.4 Å². The van der Waals surface area contributed by atoms with E-state index in [1.165, 1.54) is 0 Å². The minimum absolute atomic E-state index is 0.0160. The molecule has 7 heteroatoms. The first-order chi connectivity index (χ1) is 10.0. The largest absolute Gasteiger partial charge is 0.482 e. The quantitative estimate of drug-likeness (QED) is 0.871. The maximum absolute atomic E-state index is 11.8. The molecule has 0 unspecified atom stereocenters. The highest BCUT2D eigenvalue weighted by Crippen LogP contribution is 2.27. The summed E-state index contributed by atoms with van der Waals surface area (Å²) in [7, 11) is 0. The van der Waals surface area contributed by atoms with Crippen molar-refractivity contribution in [3.63, 3.8) is 0 Å². The van der Waals surface area contributed by atoms with Gasteiger partial charge in [-0.1, -0.05) is 23.2 Å². The van der Waals surface area contributed by atoms with E-state index >= 15 is 0 Å². The third kappa shape index (κ3) is 5.19. The Morgan fingerprint density at radius 1 is 1.48 bits per heavy atom. The molecule has 1 amide bonds. The van der Waals surface area contributed by atoms with Gasteiger partial charge in [-0.2, -0.15) is 0 Å². The zero-order chi connectivity index (χ0) is 15.2. The van der Waals surface area contributed by atoms with Crippen LogP contribution in [0.3, 0.4) is 0 Å². The fraction of sp³-hybridized carbons (Fsp3) is 0.286. The van der Waals surface area contributed by atoms with Gasteiger partial charge in [-0.05, 0) is 25.1 Å². The summed E-state index contributed by atoms with van der Waals surface area (Å²) in [5.41, 5.74) is 1.77. The van der Waals surface area contributed by atoms with Gasteiger partial charge >= 0.3 is 0 Å². The van der Waals surface area contributed by atoms with Gasteiger partial charge in [0.15, 0.2) is 6.61 Å². The van der Waals surface area contributed by atoms with Gasteiger partial charge < -0.3 is 10.1 Å². The van der Waals surface area contributed by atoms with Gasteiger partial charge in [0.1, 0.15) is 5.75 Å². The lowest BCUT2D eigenvalue weighted by atomic mass is 10.2. The van der Waals surface area contributed by atoms with Gasteiger partial charge in [0.25, 0.3) is 5.91 Å². The Morgan fingerprint density at radius 2 is 2.29 bits per heavy atom. The summed E-state index contributed by atoms with van der Waals surface area (Å²) in [6, 6.07) is 4.89. The molecule has 1 aromatic heterocycles. The van der Waals surface area contributed by atoms with Crippen molar-refractivity contribution in [3.05, 3.63) is 44.8 Å². The Labute approximate surface area is 137 Å². The molecule has 1 aromatic carbocycles. The van der Waals surface area contributed by atoms with E-state index in [4.69, 9.17) is 27.9 Å². The first-order valence-electron chi connectivity index (χ1n) is 6.29. The number of carbonyl (C=O) groups is 1. The van der Waals surface area contributed by atoms with Gasteiger partial charge in [0.05, 0.1) is 10.5 Å². The Morgan fingerprint density at radius 3 is 2.95 bits per heavy atom. The van der Waals surface area contributed by atoms with Crippen molar-refractivity contribution in [1.82, 2.24) is 10.3 Å². The second-order valence-electron chi connectivity index (χ2n) is 4.50. The Balaban J connectivity index is 1.79. The van der Waals surface area contributed by atoms with E-state index in [2.05, 4.69) is 10.3 Å². The number of carbonyl (C=O) groups excluding carboxylic acids is 1. The summed E-state index contributed by atoms with van der Waals surface area (Å²) >= 11 is 13.3. The van der Waals surface area contributed by atoms with Crippen LogP contribution in [0.5, 0.6) is 5.75 Å². The molecule has 1 heterocycles. The van der Waals surface area contributed by atoms with E-state index in [0.717, 1.165) is 11.3 Å². The number of nitrogens with zero attached hydrogens (tertiary/aromatic N) is 1. The van der Waals surface area contributed by atoms with Crippen LogP contribution < -0.4 is 10.1 Å². The third-order valence-electron chi connectivity index (χ3n) is 2.65. The number of hydrogen-bond donors (Lipinski definition) is 1. The lowest BCUT2D eigenvalue weighted by Gasteiger charge is -2.13. The average Bonchev–Trinajstić information content (AvgIpc) is 2.90. The molecule has 21 heavy (non-hydrogen) atoms. The molecule has 0 fully saturated rings. The molecule has 0 aliphatic rings. The van der Waals surface area contributed by atoms with Gasteiger partial charge in [0.2, 0.25) is 0 Å². The Bertz CT molecular complexity index is 605. The second-order valence-corrected chi connectivity index (χ2v) is 6.32. The smallest absolute Gasteiger partial charge is 0.258 e. The van der Waals surface area contributed by atoms with Crippen molar-refractivity contribution in [2.75, 3.05) is 6.61 Å². The van der Waals surface area contributed by atoms with Crippen LogP contribution in [0, 0.1) is 0 Å². The van der Waals surface area contributed by atoms with Crippen LogP contribution in [-0.4, -0.2) is 23.5 Å². The first-order valence-corrected chi connectivity index (χ1v) is 7.92. The van der Waals surface area contributed by atoms with Gasteiger partial charge in [0, 0.05) is 28.6 Å². The summed E-state index contributed by atoms with van der Waals surface area (Å²) in [5.74, 6) is 0.240. The number of halogens is 2. The predicted molar refractivity (Wildman–Crippen MR) is 85.4 cm³/mol. The zero-order valence-electron chi connectivity index (χ0n) is 11.3. The lowest BCUT2D eigenvalue weighted by molar-refractivity contribution is -0.123. The SMILES string of the molecule is C[C@@H](Cc1cncs1)NC(=O)COc1ccc(Cl)cc1Cl. The minimum atomic E-state index is -0.196. The van der Waals surface area contributed by atoms with E-state index in [-0.39, 0.29) is 18.6 Å². The van der Waals surface area contributed by atoms with Crippen molar-refractivity contribution in [3.8, 4) is 5.75 Å². The Hall–Kier alpha value is -1.30. The molecule has 0 aliphatic heterocycles. The van der Waals surface area contributed by atoms with Crippen LogP contribution in [0.25, 0.3) is 0 Å². The molecule has 0 saturated carbocycles. The van der Waals surface area contributed by atoms with Crippen molar-refractivity contribution in [2.24, 2.45) is 0 Å². The second kappa shape index (κ2) is 7.64. The monoisotopic (exact) mass is 344 g/mol. The maximum Gasteiger partial charge on any atom is 0.258 e. The fourth-order valence-corrected chi connectivity index (χ4v) is 2.94. The van der Waals surface area contributed by atoms with E-state index in [1.54, 1.807) is 41.2 Å². The molecule has 0 saturated heterocycles. The van der Waals surface area contributed by atoms with Crippen molar-refractivity contribution in [1.29, 1.82) is 0 Å². The molecule has 1 atom stereocenters. The number of ether oxygens (including phenoxy) is 1. The van der Waals surface area contributed by atoms with Crippen LogP contribution in [0.1, 0.15) is 11.8 Å². The number of benzene rings is 1. The number of thiazole rings is 1. The van der Waals surface area contributed by atoms with E-state index in [1.807, 2.05) is 6.92 Å². The molecule has 0 radical (unpaired) electrons. The first kappa shape index (κ1) is 16.1. The average molecular weight is 345 g/mol. The lowest BCUT2D eigenvalue weighted by Crippen LogP contribution is -2.37. The summed E-state index contributed by atoms with van der Waals surface area (Å²) < 4.78 is 5.38. The summed E-state index contributed by atoms with van der Waals surface area (Å²) in [4.78, 5) is 16.9. The molecule has 0 bridgehead atoms. The van der Waals surface area contributed by atoms with E-state index in [0.29, 0.717) is 15.8 Å². The van der Waals surface area contributed by atoms with Crippen LogP contribution in [0.2, 0.25) is 10.0 Å². The molecule has 112 valence electrons. The minimum Gasteiger partial charge on any atom is -0.482 e. The molecule has 4 nitrogen and oxygen atoms in total. The van der Waals surface area contributed by atoms with Crippen LogP contribution >= 0.6 is 34.5 Å². The van der Waals surface area contributed by atoms with Crippen LogP contribution in [0.15, 0.2) is 29.9 Å². The van der Waals surface area contributed by atoms with Crippen molar-refractivity contribution in [2.45, 2.75) is 19.4 Å². The molecular weight excluding hydrogens is 331 g/mol. The standard InChI is InChI=1S/C14H14Cl2N2O2S/c1-9(4-11-6-17-8-21-11)18-14(19)7-20-13-3-2-10(15)5-12(13)16/h2-3,5-6,8-9H,4,7H2,1H3,(H,18,19)/t9-/m0/s1. The van der Waals surface area contributed by atoms with Gasteiger partial charge in [-0.25, -0.2) is 0 Å².